The summed E-state index contributed by atoms with van der Waals surface area (Å²) in [6.45, 7) is 4.41. The summed E-state index contributed by atoms with van der Waals surface area (Å²) >= 11 is 0. The number of fused-ring (bicyclic) bond motifs is 1. The van der Waals surface area contributed by atoms with E-state index in [1.54, 1.807) is 12.3 Å². The molecule has 1 aromatic carbocycles. The Kier molecular flexibility index (Phi) is 9.49. The van der Waals surface area contributed by atoms with E-state index in [9.17, 15) is 4.79 Å². The van der Waals surface area contributed by atoms with E-state index in [1.165, 1.54) is 0 Å². The number of aliphatic imine (C=N–C) groups is 1. The van der Waals surface area contributed by atoms with Gasteiger partial charge >= 0.3 is 0 Å². The lowest BCUT2D eigenvalue weighted by Gasteiger charge is -2.30. The molecule has 1 aliphatic carbocycles. The summed E-state index contributed by atoms with van der Waals surface area (Å²) in [5, 5.41) is 7.23. The Morgan fingerprint density at radius 1 is 1.21 bits per heavy atom. The molecule has 3 aromatic rings. The molecule has 0 radical (unpaired) electrons. The zero-order valence-corrected chi connectivity index (χ0v) is 20.3. The highest BCUT2D eigenvalue weighted by molar-refractivity contribution is 5.97. The van der Waals surface area contributed by atoms with Crippen molar-refractivity contribution >= 4 is 53.3 Å². The number of nitrogens with zero attached hydrogens (tertiary/aromatic N) is 3. The van der Waals surface area contributed by atoms with Crippen molar-refractivity contribution in [2.45, 2.75) is 51.6 Å². The molecule has 0 spiro atoms. The molecule has 0 unspecified atom stereocenters. The number of hydrogen-bond acceptors (Lipinski definition) is 6. The van der Waals surface area contributed by atoms with Crippen LogP contribution in [-0.4, -0.2) is 40.3 Å². The fourth-order valence-corrected chi connectivity index (χ4v) is 3.97. The van der Waals surface area contributed by atoms with Gasteiger partial charge in [0.2, 0.25) is 5.82 Å². The number of amides is 1. The summed E-state index contributed by atoms with van der Waals surface area (Å²) < 4.78 is 5.38. The van der Waals surface area contributed by atoms with Crippen molar-refractivity contribution < 1.29 is 9.21 Å². The number of halogens is 2. The minimum atomic E-state index is -0.284. The molecule has 8 nitrogen and oxygen atoms in total. The predicted molar refractivity (Wildman–Crippen MR) is 136 cm³/mol. The first kappa shape index (κ1) is 26.4. The summed E-state index contributed by atoms with van der Waals surface area (Å²) in [4.78, 5) is 26.2. The first-order chi connectivity index (χ1) is 15.0. The number of hydrogen-bond donors (Lipinski definition) is 3. The molecule has 1 fully saturated rings. The minimum absolute atomic E-state index is 0. The van der Waals surface area contributed by atoms with Crippen molar-refractivity contribution in [3.05, 3.63) is 53.7 Å². The summed E-state index contributed by atoms with van der Waals surface area (Å²) in [6, 6.07) is 9.59. The van der Waals surface area contributed by atoms with Gasteiger partial charge in [-0.3, -0.25) is 9.79 Å². The van der Waals surface area contributed by atoms with E-state index in [1.807, 2.05) is 38.1 Å². The van der Waals surface area contributed by atoms with E-state index < -0.39 is 0 Å². The number of nitrogens with one attached hydrogen (secondary N) is 2. The molecule has 2 atom stereocenters. The number of nitrogens with two attached hydrogens (primary N) is 1. The Morgan fingerprint density at radius 2 is 2.00 bits per heavy atom. The molecule has 4 rings (SSSR count). The molecular formula is C23H30Cl2N6O2. The second-order valence-corrected chi connectivity index (χ2v) is 7.87. The number of rotatable bonds is 6. The third-order valence-corrected chi connectivity index (χ3v) is 5.52. The maximum atomic E-state index is 12.4. The van der Waals surface area contributed by atoms with Crippen LogP contribution in [0.25, 0.3) is 10.9 Å². The maximum Gasteiger partial charge on any atom is 0.289 e. The van der Waals surface area contributed by atoms with Gasteiger partial charge in [-0.1, -0.05) is 24.5 Å². The van der Waals surface area contributed by atoms with Crippen molar-refractivity contribution in [2.24, 2.45) is 10.7 Å². The van der Waals surface area contributed by atoms with Crippen LogP contribution < -0.4 is 16.4 Å². The number of carbonyl (C=O) groups excluding carboxylic acids is 1. The van der Waals surface area contributed by atoms with E-state index in [4.69, 9.17) is 15.1 Å². The van der Waals surface area contributed by atoms with Crippen molar-refractivity contribution in [2.75, 3.05) is 11.9 Å². The van der Waals surface area contributed by atoms with Crippen LogP contribution in [0.2, 0.25) is 0 Å². The first-order valence-electron chi connectivity index (χ1n) is 10.8. The Labute approximate surface area is 205 Å². The zero-order valence-electron chi connectivity index (χ0n) is 18.7. The number of anilines is 1. The van der Waals surface area contributed by atoms with Gasteiger partial charge in [-0.2, -0.15) is 0 Å². The molecule has 2 heterocycles. The fraction of sp³-hybridized carbons (Fsp3) is 0.391. The summed E-state index contributed by atoms with van der Waals surface area (Å²) in [6.07, 6.45) is 5.63. The number of aromatic nitrogens is 2. The number of furan rings is 1. The maximum absolute atomic E-state index is 12.4. The second-order valence-electron chi connectivity index (χ2n) is 7.87. The van der Waals surface area contributed by atoms with Gasteiger partial charge in [-0.25, -0.2) is 9.97 Å². The smallest absolute Gasteiger partial charge is 0.289 e. The Balaban J connectivity index is 0.00000193. The van der Waals surface area contributed by atoms with Crippen molar-refractivity contribution in [3.8, 4) is 0 Å². The highest BCUT2D eigenvalue weighted by Crippen LogP contribution is 2.28. The van der Waals surface area contributed by atoms with Crippen LogP contribution >= 0.6 is 24.8 Å². The molecule has 0 bridgehead atoms. The molecular weight excluding hydrogens is 463 g/mol. The normalized spacial score (nSPS) is 18.2. The van der Waals surface area contributed by atoms with Gasteiger partial charge in [0, 0.05) is 18.0 Å². The Bertz CT molecular complexity index is 1100. The van der Waals surface area contributed by atoms with Crippen molar-refractivity contribution in [3.63, 3.8) is 0 Å². The minimum Gasteiger partial charge on any atom is -0.461 e. The van der Waals surface area contributed by atoms with Crippen molar-refractivity contribution in [1.29, 1.82) is 0 Å². The highest BCUT2D eigenvalue weighted by Gasteiger charge is 2.27. The SMILES string of the molecule is CCNC(=O)c1nc(N[C@H]2CCCC[C@H]2N=C(N)c2ccco2)c2cc(C)ccc2n1.Cl.Cl. The molecule has 0 saturated heterocycles. The van der Waals surface area contributed by atoms with Crippen LogP contribution in [0, 0.1) is 6.92 Å². The molecule has 33 heavy (non-hydrogen) atoms. The Morgan fingerprint density at radius 3 is 2.73 bits per heavy atom. The van der Waals surface area contributed by atoms with Gasteiger partial charge < -0.3 is 20.8 Å². The monoisotopic (exact) mass is 492 g/mol. The first-order valence-corrected chi connectivity index (χ1v) is 10.8. The standard InChI is InChI=1S/C23H28N6O2.2ClH/c1-3-25-23(30)22-27-16-11-10-14(2)13-15(16)21(29-22)28-18-8-5-4-7-17(18)26-20(24)19-9-6-12-31-19;;/h6,9-13,17-18H,3-5,7-8H2,1-2H3,(H2,24,26)(H,25,30)(H,27,28,29);2*1H/t17-,18+;;/m1../s1. The lowest BCUT2D eigenvalue weighted by atomic mass is 9.90. The quantitative estimate of drug-likeness (QED) is 0.349. The van der Waals surface area contributed by atoms with Crippen molar-refractivity contribution in [1.82, 2.24) is 15.3 Å². The fourth-order valence-electron chi connectivity index (χ4n) is 3.97. The van der Waals surface area contributed by atoms with E-state index in [0.29, 0.717) is 24.0 Å². The van der Waals surface area contributed by atoms with E-state index in [0.717, 1.165) is 42.1 Å². The lowest BCUT2D eigenvalue weighted by Crippen LogP contribution is -2.37. The molecule has 0 aliphatic heterocycles. The molecule has 2 aromatic heterocycles. The van der Waals surface area contributed by atoms with E-state index >= 15 is 0 Å². The van der Waals surface area contributed by atoms with Gasteiger partial charge in [0.05, 0.1) is 17.8 Å². The van der Waals surface area contributed by atoms with Crippen LogP contribution in [0.3, 0.4) is 0 Å². The summed E-state index contributed by atoms with van der Waals surface area (Å²) in [5.74, 6) is 1.50. The number of benzene rings is 1. The van der Waals surface area contributed by atoms with Gasteiger partial charge in [0.25, 0.3) is 5.91 Å². The average molecular weight is 493 g/mol. The Hall–Kier alpha value is -2.84. The third-order valence-electron chi connectivity index (χ3n) is 5.52. The highest BCUT2D eigenvalue weighted by atomic mass is 35.5. The van der Waals surface area contributed by atoms with E-state index in [-0.39, 0.29) is 48.6 Å². The molecule has 10 heteroatoms. The number of carbonyl (C=O) groups is 1. The third kappa shape index (κ3) is 6.15. The predicted octanol–water partition coefficient (Wildman–Crippen LogP) is 4.25. The average Bonchev–Trinajstić information content (AvgIpc) is 3.30. The van der Waals surface area contributed by atoms with Gasteiger partial charge in [-0.05, 0) is 51.0 Å². The van der Waals surface area contributed by atoms with Crippen LogP contribution in [0.4, 0.5) is 5.82 Å². The van der Waals surface area contributed by atoms with Gasteiger partial charge in [-0.15, -0.1) is 24.8 Å². The second kappa shape index (κ2) is 11.9. The van der Waals surface area contributed by atoms with E-state index in [2.05, 4.69) is 20.6 Å². The molecule has 178 valence electrons. The summed E-state index contributed by atoms with van der Waals surface area (Å²) in [5.41, 5.74) is 8.02. The molecule has 4 N–H and O–H groups in total. The molecule has 1 saturated carbocycles. The lowest BCUT2D eigenvalue weighted by molar-refractivity contribution is 0.0946. The van der Waals surface area contributed by atoms with Crippen LogP contribution in [-0.2, 0) is 0 Å². The largest absolute Gasteiger partial charge is 0.461 e. The topological polar surface area (TPSA) is 118 Å². The molecule has 1 amide bonds. The summed E-state index contributed by atoms with van der Waals surface area (Å²) in [7, 11) is 0. The number of aryl methyl sites for hydroxylation is 1. The van der Waals surface area contributed by atoms with Crippen LogP contribution in [0.5, 0.6) is 0 Å². The van der Waals surface area contributed by atoms with Crippen LogP contribution in [0.1, 0.15) is 54.5 Å². The number of amidine groups is 1. The zero-order chi connectivity index (χ0) is 21.8. The molecule has 1 aliphatic rings. The van der Waals surface area contributed by atoms with Crippen LogP contribution in [0.15, 0.2) is 46.0 Å². The van der Waals surface area contributed by atoms with Gasteiger partial charge in [0.15, 0.2) is 11.6 Å². The van der Waals surface area contributed by atoms with Gasteiger partial charge in [0.1, 0.15) is 5.82 Å².